The normalized spacial score (nSPS) is 15.2. The molecule has 2 aromatic carbocycles. The average molecular weight is 589 g/mol. The number of halogens is 1. The molecule has 0 aliphatic carbocycles. The largest absolute Gasteiger partial charge is 0.503 e. The average Bonchev–Trinajstić information content (AvgIpc) is 3.18. The molecule has 0 spiro atoms. The highest BCUT2D eigenvalue weighted by Crippen LogP contribution is 2.38. The first-order valence-corrected chi connectivity index (χ1v) is 12.8. The number of allylic oxidation sites excluding steroid dienone is 1. The van der Waals surface area contributed by atoms with Crippen molar-refractivity contribution in [2.24, 2.45) is 4.99 Å². The Labute approximate surface area is 225 Å². The summed E-state index contributed by atoms with van der Waals surface area (Å²) in [5, 5.41) is 10.1. The van der Waals surface area contributed by atoms with Crippen LogP contribution in [0.1, 0.15) is 31.0 Å². The van der Waals surface area contributed by atoms with E-state index in [9.17, 15) is 14.7 Å². The fraction of sp³-hybridized carbons (Fsp3) is 0.269. The number of benzene rings is 2. The Morgan fingerprint density at radius 2 is 1.89 bits per heavy atom. The minimum Gasteiger partial charge on any atom is -0.503 e. The Hall–Kier alpha value is -3.57. The fourth-order valence-electron chi connectivity index (χ4n) is 4.12. The Kier molecular flexibility index (Phi) is 7.74. The molecule has 9 nitrogen and oxygen atoms in total. The van der Waals surface area contributed by atoms with Crippen molar-refractivity contribution in [1.82, 2.24) is 4.57 Å². The maximum Gasteiger partial charge on any atom is 0.338 e. The highest BCUT2D eigenvalue weighted by Gasteiger charge is 2.35. The van der Waals surface area contributed by atoms with E-state index in [0.29, 0.717) is 42.1 Å². The summed E-state index contributed by atoms with van der Waals surface area (Å²) < 4.78 is 23.9. The number of aromatic hydroxyl groups is 1. The Morgan fingerprint density at radius 1 is 1.16 bits per heavy atom. The zero-order valence-electron chi connectivity index (χ0n) is 20.8. The fourth-order valence-corrected chi connectivity index (χ4v) is 5.63. The molecule has 1 aromatic heterocycles. The lowest BCUT2D eigenvalue weighted by Gasteiger charge is -2.26. The van der Waals surface area contributed by atoms with Crippen molar-refractivity contribution in [3.05, 3.63) is 76.9 Å². The first-order chi connectivity index (χ1) is 17.7. The number of hydrogen-bond donors (Lipinski definition) is 1. The van der Waals surface area contributed by atoms with E-state index in [-0.39, 0.29) is 29.2 Å². The molecular formula is C26H25BrN2O7S. The van der Waals surface area contributed by atoms with Crippen molar-refractivity contribution >= 4 is 39.3 Å². The summed E-state index contributed by atoms with van der Waals surface area (Å²) in [5.41, 5.74) is 1.51. The maximum absolute atomic E-state index is 13.8. The van der Waals surface area contributed by atoms with Gasteiger partial charge in [-0.15, -0.1) is 0 Å². The summed E-state index contributed by atoms with van der Waals surface area (Å²) in [4.78, 5) is 32.0. The number of phenols is 1. The van der Waals surface area contributed by atoms with Crippen LogP contribution in [0.25, 0.3) is 6.08 Å². The molecule has 1 aliphatic rings. The van der Waals surface area contributed by atoms with E-state index in [1.165, 1.54) is 37.2 Å². The Balaban J connectivity index is 2.01. The van der Waals surface area contributed by atoms with E-state index in [2.05, 4.69) is 20.9 Å². The van der Waals surface area contributed by atoms with Crippen molar-refractivity contribution < 1.29 is 28.8 Å². The molecule has 3 aromatic rings. The predicted octanol–water partition coefficient (Wildman–Crippen LogP) is 3.29. The topological polar surface area (TPSA) is 109 Å². The molecule has 37 heavy (non-hydrogen) atoms. The number of phenolic OH excluding ortho intramolecular Hbond substituents is 1. The van der Waals surface area contributed by atoms with Crippen LogP contribution in [0.2, 0.25) is 0 Å². The highest BCUT2D eigenvalue weighted by molar-refractivity contribution is 9.10. The highest BCUT2D eigenvalue weighted by atomic mass is 79.9. The molecule has 1 aliphatic heterocycles. The van der Waals surface area contributed by atoms with Crippen LogP contribution < -0.4 is 29.1 Å². The molecule has 0 amide bonds. The van der Waals surface area contributed by atoms with Gasteiger partial charge in [0, 0.05) is 5.56 Å². The number of rotatable bonds is 7. The van der Waals surface area contributed by atoms with Gasteiger partial charge in [-0.1, -0.05) is 11.3 Å². The number of fused-ring (bicyclic) bond motifs is 1. The standard InChI is InChI=1S/C26H25BrN2O7S/c1-6-36-25(32)21-13(2)28-26-29(22(21)16-12-15(33-3)7-8-18(16)34-4)24(31)20(37-26)11-14-9-17(27)23(30)19(10-14)35-5/h7-12,22,30H,6H2,1-5H3/b20-11+. The molecule has 4 rings (SSSR count). The third-order valence-corrected chi connectivity index (χ3v) is 7.40. The second-order valence-corrected chi connectivity index (χ2v) is 9.83. The molecule has 2 heterocycles. The van der Waals surface area contributed by atoms with Crippen molar-refractivity contribution in [3.8, 4) is 23.0 Å². The Morgan fingerprint density at radius 3 is 2.54 bits per heavy atom. The molecular weight excluding hydrogens is 564 g/mol. The summed E-state index contributed by atoms with van der Waals surface area (Å²) >= 11 is 4.49. The molecule has 0 bridgehead atoms. The number of thiazole rings is 1. The van der Waals surface area contributed by atoms with Crippen molar-refractivity contribution in [1.29, 1.82) is 0 Å². The van der Waals surface area contributed by atoms with Crippen LogP contribution in [0.4, 0.5) is 0 Å². The third kappa shape index (κ3) is 4.88. The lowest BCUT2D eigenvalue weighted by Crippen LogP contribution is -2.40. The summed E-state index contributed by atoms with van der Waals surface area (Å²) in [6, 6.07) is 7.64. The molecule has 0 fully saturated rings. The zero-order valence-corrected chi connectivity index (χ0v) is 23.2. The third-order valence-electron chi connectivity index (χ3n) is 5.82. The number of ether oxygens (including phenoxy) is 4. The molecule has 1 unspecified atom stereocenters. The number of esters is 1. The molecule has 194 valence electrons. The molecule has 0 saturated carbocycles. The molecule has 1 N–H and O–H groups in total. The van der Waals surface area contributed by atoms with E-state index in [1.807, 2.05) is 0 Å². The van der Waals surface area contributed by atoms with Gasteiger partial charge in [-0.05, 0) is 71.7 Å². The number of aromatic nitrogens is 1. The summed E-state index contributed by atoms with van der Waals surface area (Å²) in [7, 11) is 4.50. The van der Waals surface area contributed by atoms with Gasteiger partial charge in [-0.2, -0.15) is 0 Å². The summed E-state index contributed by atoms with van der Waals surface area (Å²) in [6.45, 7) is 3.60. The van der Waals surface area contributed by atoms with Gasteiger partial charge in [0.1, 0.15) is 17.5 Å². The first-order valence-electron chi connectivity index (χ1n) is 11.2. The molecule has 11 heteroatoms. The maximum atomic E-state index is 13.8. The number of hydrogen-bond acceptors (Lipinski definition) is 9. The SMILES string of the molecule is CCOC(=O)C1=C(C)N=c2s/c(=C/c3cc(Br)c(O)c(OC)c3)c(=O)n2C1c1cc(OC)ccc1OC. The smallest absolute Gasteiger partial charge is 0.338 e. The number of carbonyl (C=O) groups excluding carboxylic acids is 1. The van der Waals surface area contributed by atoms with Gasteiger partial charge in [0.2, 0.25) is 0 Å². The molecule has 0 saturated heterocycles. The van der Waals surface area contributed by atoms with Crippen molar-refractivity contribution in [2.45, 2.75) is 19.9 Å². The monoisotopic (exact) mass is 588 g/mol. The van der Waals surface area contributed by atoms with E-state index in [0.717, 1.165) is 0 Å². The van der Waals surface area contributed by atoms with Crippen LogP contribution in [0, 0.1) is 0 Å². The molecule has 0 radical (unpaired) electrons. The predicted molar refractivity (Wildman–Crippen MR) is 142 cm³/mol. The second-order valence-electron chi connectivity index (χ2n) is 7.96. The van der Waals surface area contributed by atoms with Gasteiger partial charge in [0.05, 0.1) is 48.2 Å². The lowest BCUT2D eigenvalue weighted by atomic mass is 9.94. The van der Waals surface area contributed by atoms with E-state index in [1.54, 1.807) is 50.3 Å². The van der Waals surface area contributed by atoms with E-state index in [4.69, 9.17) is 18.9 Å². The number of methoxy groups -OCH3 is 3. The van der Waals surface area contributed by atoms with E-state index < -0.39 is 12.0 Å². The van der Waals surface area contributed by atoms with Gasteiger partial charge in [-0.25, -0.2) is 9.79 Å². The summed E-state index contributed by atoms with van der Waals surface area (Å²) in [5.74, 6) is 0.662. The van der Waals surface area contributed by atoms with Crippen LogP contribution in [0.3, 0.4) is 0 Å². The van der Waals surface area contributed by atoms with Gasteiger partial charge in [0.15, 0.2) is 16.3 Å². The van der Waals surface area contributed by atoms with Gasteiger partial charge >= 0.3 is 5.97 Å². The zero-order chi connectivity index (χ0) is 26.9. The van der Waals surface area contributed by atoms with Crippen LogP contribution in [-0.4, -0.2) is 43.6 Å². The number of nitrogens with zero attached hydrogens (tertiary/aromatic N) is 2. The minimum atomic E-state index is -0.858. The van der Waals surface area contributed by atoms with Crippen molar-refractivity contribution in [2.75, 3.05) is 27.9 Å². The van der Waals surface area contributed by atoms with Crippen LogP contribution >= 0.6 is 27.3 Å². The van der Waals surface area contributed by atoms with Crippen molar-refractivity contribution in [3.63, 3.8) is 0 Å². The lowest BCUT2D eigenvalue weighted by molar-refractivity contribution is -0.139. The van der Waals surface area contributed by atoms with E-state index >= 15 is 0 Å². The van der Waals surface area contributed by atoms with Gasteiger partial charge < -0.3 is 24.1 Å². The molecule has 1 atom stereocenters. The quantitative estimate of drug-likeness (QED) is 0.422. The van der Waals surface area contributed by atoms with Gasteiger partial charge in [0.25, 0.3) is 5.56 Å². The first kappa shape index (κ1) is 26.5. The van der Waals surface area contributed by atoms with Gasteiger partial charge in [-0.3, -0.25) is 9.36 Å². The summed E-state index contributed by atoms with van der Waals surface area (Å²) in [6.07, 6.45) is 1.68. The minimum absolute atomic E-state index is 0.0408. The number of carbonyl (C=O) groups is 1. The van der Waals surface area contributed by atoms with Crippen LogP contribution in [-0.2, 0) is 9.53 Å². The van der Waals surface area contributed by atoms with Crippen LogP contribution in [0.15, 0.2) is 55.9 Å². The van der Waals surface area contributed by atoms with Crippen LogP contribution in [0.5, 0.6) is 23.0 Å². The second kappa shape index (κ2) is 10.8. The Bertz CT molecular complexity index is 1590.